The standard InChI is InChI=1S/C18H29N3O3S.ClH/c1-4-12-21(16-8-10-19-11-9-16)18(22)15-6-5-7-17(13-15)25(23,24)20-14(2)3;/h5-7,13-14,16,19-20H,4,8-12H2,1-3H3;1H. The predicted molar refractivity (Wildman–Crippen MR) is 106 cm³/mol. The third kappa shape index (κ3) is 5.94. The van der Waals surface area contributed by atoms with Crippen molar-refractivity contribution < 1.29 is 13.2 Å². The van der Waals surface area contributed by atoms with E-state index in [9.17, 15) is 13.2 Å². The maximum atomic E-state index is 13.0. The molecule has 0 saturated carbocycles. The van der Waals surface area contributed by atoms with Crippen LogP contribution in [0.1, 0.15) is 50.4 Å². The van der Waals surface area contributed by atoms with Crippen LogP contribution in [0.25, 0.3) is 0 Å². The molecule has 1 aromatic rings. The molecule has 0 unspecified atom stereocenters. The zero-order valence-electron chi connectivity index (χ0n) is 15.7. The van der Waals surface area contributed by atoms with Gasteiger partial charge in [-0.05, 0) is 64.4 Å². The van der Waals surface area contributed by atoms with E-state index in [0.29, 0.717) is 12.1 Å². The minimum absolute atomic E-state index is 0. The van der Waals surface area contributed by atoms with Crippen molar-refractivity contribution in [2.24, 2.45) is 0 Å². The summed E-state index contributed by atoms with van der Waals surface area (Å²) in [5.41, 5.74) is 0.429. The van der Waals surface area contributed by atoms with Crippen LogP contribution in [0, 0.1) is 0 Å². The first kappa shape index (κ1) is 22.9. The normalized spacial score (nSPS) is 15.5. The molecule has 1 aromatic carbocycles. The summed E-state index contributed by atoms with van der Waals surface area (Å²) in [6.07, 6.45) is 2.74. The lowest BCUT2D eigenvalue weighted by Gasteiger charge is -2.34. The van der Waals surface area contributed by atoms with Crippen LogP contribution in [0.5, 0.6) is 0 Å². The number of hydrogen-bond acceptors (Lipinski definition) is 4. The first-order valence-corrected chi connectivity index (χ1v) is 10.5. The molecule has 1 fully saturated rings. The molecule has 1 amide bonds. The van der Waals surface area contributed by atoms with Crippen LogP contribution >= 0.6 is 12.4 Å². The number of piperidine rings is 1. The van der Waals surface area contributed by atoms with Crippen molar-refractivity contribution in [3.05, 3.63) is 29.8 Å². The van der Waals surface area contributed by atoms with Gasteiger partial charge in [-0.15, -0.1) is 12.4 Å². The molecular formula is C18H30ClN3O3S. The van der Waals surface area contributed by atoms with Crippen molar-refractivity contribution in [1.82, 2.24) is 14.9 Å². The lowest BCUT2D eigenvalue weighted by molar-refractivity contribution is 0.0642. The van der Waals surface area contributed by atoms with Gasteiger partial charge >= 0.3 is 0 Å². The van der Waals surface area contributed by atoms with E-state index in [4.69, 9.17) is 0 Å². The molecule has 8 heteroatoms. The Bertz CT molecular complexity index is 689. The second-order valence-corrected chi connectivity index (χ2v) is 8.50. The van der Waals surface area contributed by atoms with E-state index in [1.165, 1.54) is 12.1 Å². The fourth-order valence-electron chi connectivity index (χ4n) is 3.15. The number of rotatable bonds is 7. The summed E-state index contributed by atoms with van der Waals surface area (Å²) in [4.78, 5) is 15.1. The van der Waals surface area contributed by atoms with Crippen LogP contribution < -0.4 is 10.0 Å². The fraction of sp³-hybridized carbons (Fsp3) is 0.611. The Labute approximate surface area is 163 Å². The van der Waals surface area contributed by atoms with E-state index in [-0.39, 0.29) is 35.3 Å². The largest absolute Gasteiger partial charge is 0.336 e. The Kier molecular flexibility index (Phi) is 9.03. The number of nitrogens with one attached hydrogen (secondary N) is 2. The molecule has 1 saturated heterocycles. The van der Waals surface area contributed by atoms with Crippen molar-refractivity contribution in [3.8, 4) is 0 Å². The van der Waals surface area contributed by atoms with E-state index in [1.54, 1.807) is 26.0 Å². The predicted octanol–water partition coefficient (Wildman–Crippen LogP) is 2.40. The number of hydrogen-bond donors (Lipinski definition) is 2. The minimum atomic E-state index is -3.61. The van der Waals surface area contributed by atoms with Crippen molar-refractivity contribution in [3.63, 3.8) is 0 Å². The molecule has 0 bridgehead atoms. The molecule has 148 valence electrons. The quantitative estimate of drug-likeness (QED) is 0.732. The van der Waals surface area contributed by atoms with E-state index in [1.807, 2.05) is 4.90 Å². The number of halogens is 1. The maximum absolute atomic E-state index is 13.0. The topological polar surface area (TPSA) is 78.5 Å². The molecule has 1 aliphatic rings. The average molecular weight is 404 g/mol. The summed E-state index contributed by atoms with van der Waals surface area (Å²) in [6.45, 7) is 8.09. The molecular weight excluding hydrogens is 374 g/mol. The molecule has 1 heterocycles. The van der Waals surface area contributed by atoms with Gasteiger partial charge in [0, 0.05) is 24.2 Å². The molecule has 26 heavy (non-hydrogen) atoms. The number of benzene rings is 1. The van der Waals surface area contributed by atoms with Crippen molar-refractivity contribution in [2.75, 3.05) is 19.6 Å². The van der Waals surface area contributed by atoms with E-state index in [2.05, 4.69) is 17.0 Å². The van der Waals surface area contributed by atoms with Crippen LogP contribution in [0.4, 0.5) is 0 Å². The van der Waals surface area contributed by atoms with Gasteiger partial charge in [0.2, 0.25) is 10.0 Å². The number of carbonyl (C=O) groups excluding carboxylic acids is 1. The van der Waals surface area contributed by atoms with Gasteiger partial charge in [0.1, 0.15) is 0 Å². The molecule has 0 radical (unpaired) electrons. The smallest absolute Gasteiger partial charge is 0.254 e. The summed E-state index contributed by atoms with van der Waals surface area (Å²) >= 11 is 0. The summed E-state index contributed by atoms with van der Waals surface area (Å²) in [7, 11) is -3.61. The first-order valence-electron chi connectivity index (χ1n) is 8.99. The zero-order chi connectivity index (χ0) is 18.4. The highest BCUT2D eigenvalue weighted by molar-refractivity contribution is 7.89. The van der Waals surface area contributed by atoms with Gasteiger partial charge in [0.25, 0.3) is 5.91 Å². The highest BCUT2D eigenvalue weighted by atomic mass is 35.5. The molecule has 2 N–H and O–H groups in total. The number of amides is 1. The third-order valence-corrected chi connectivity index (χ3v) is 5.91. The Morgan fingerprint density at radius 3 is 2.54 bits per heavy atom. The van der Waals surface area contributed by atoms with E-state index < -0.39 is 10.0 Å². The zero-order valence-corrected chi connectivity index (χ0v) is 17.3. The molecule has 0 atom stereocenters. The number of sulfonamides is 1. The van der Waals surface area contributed by atoms with Gasteiger partial charge in [-0.1, -0.05) is 13.0 Å². The molecule has 0 aromatic heterocycles. The van der Waals surface area contributed by atoms with Gasteiger partial charge < -0.3 is 10.2 Å². The average Bonchev–Trinajstić information content (AvgIpc) is 2.59. The van der Waals surface area contributed by atoms with Crippen LogP contribution in [-0.4, -0.2) is 50.9 Å². The van der Waals surface area contributed by atoms with Crippen LogP contribution in [0.15, 0.2) is 29.2 Å². The van der Waals surface area contributed by atoms with Crippen LogP contribution in [0.3, 0.4) is 0 Å². The van der Waals surface area contributed by atoms with E-state index >= 15 is 0 Å². The van der Waals surface area contributed by atoms with Gasteiger partial charge in [-0.25, -0.2) is 13.1 Å². The Morgan fingerprint density at radius 2 is 1.96 bits per heavy atom. The second-order valence-electron chi connectivity index (χ2n) is 6.78. The molecule has 1 aliphatic heterocycles. The SMILES string of the molecule is CCCN(C(=O)c1cccc(S(=O)(=O)NC(C)C)c1)C1CCNCC1.Cl. The van der Waals surface area contributed by atoms with Crippen molar-refractivity contribution in [1.29, 1.82) is 0 Å². The maximum Gasteiger partial charge on any atom is 0.254 e. The van der Waals surface area contributed by atoms with Gasteiger partial charge in [-0.2, -0.15) is 0 Å². The van der Waals surface area contributed by atoms with Crippen molar-refractivity contribution in [2.45, 2.75) is 57.0 Å². The third-order valence-electron chi connectivity index (χ3n) is 4.26. The molecule has 6 nitrogen and oxygen atoms in total. The second kappa shape index (κ2) is 10.3. The number of nitrogens with zero attached hydrogens (tertiary/aromatic N) is 1. The fourth-order valence-corrected chi connectivity index (χ4v) is 4.45. The number of carbonyl (C=O) groups is 1. The summed E-state index contributed by atoms with van der Waals surface area (Å²) < 4.78 is 27.3. The highest BCUT2D eigenvalue weighted by Gasteiger charge is 2.26. The monoisotopic (exact) mass is 403 g/mol. The van der Waals surface area contributed by atoms with Crippen molar-refractivity contribution >= 4 is 28.3 Å². The molecule has 2 rings (SSSR count). The van der Waals surface area contributed by atoms with E-state index in [0.717, 1.165) is 32.4 Å². The Hall–Kier alpha value is -1.15. The lowest BCUT2D eigenvalue weighted by atomic mass is 10.0. The lowest BCUT2D eigenvalue weighted by Crippen LogP contribution is -2.46. The summed E-state index contributed by atoms with van der Waals surface area (Å²) in [6, 6.07) is 6.35. The van der Waals surface area contributed by atoms with Crippen LogP contribution in [-0.2, 0) is 10.0 Å². The first-order chi connectivity index (χ1) is 11.8. The Morgan fingerprint density at radius 1 is 1.31 bits per heavy atom. The summed E-state index contributed by atoms with van der Waals surface area (Å²) in [5, 5.41) is 3.31. The minimum Gasteiger partial charge on any atom is -0.336 e. The Balaban J connectivity index is 0.00000338. The highest BCUT2D eigenvalue weighted by Crippen LogP contribution is 2.19. The molecule has 0 spiro atoms. The van der Waals surface area contributed by atoms with Gasteiger partial charge in [0.05, 0.1) is 4.90 Å². The summed E-state index contributed by atoms with van der Waals surface area (Å²) in [5.74, 6) is -0.0876. The van der Waals surface area contributed by atoms with Crippen LogP contribution in [0.2, 0.25) is 0 Å². The van der Waals surface area contributed by atoms with Gasteiger partial charge in [0.15, 0.2) is 0 Å². The van der Waals surface area contributed by atoms with Gasteiger partial charge in [-0.3, -0.25) is 4.79 Å². The molecule has 0 aliphatic carbocycles.